The summed E-state index contributed by atoms with van der Waals surface area (Å²) in [5, 5.41) is 0. The molecule has 0 bridgehead atoms. The Morgan fingerprint density at radius 3 is 1.87 bits per heavy atom. The van der Waals surface area contributed by atoms with Crippen LogP contribution in [0.25, 0.3) is 11.6 Å². The van der Waals surface area contributed by atoms with Crippen LogP contribution in [0.2, 0.25) is 0 Å². The van der Waals surface area contributed by atoms with Crippen LogP contribution in [0.15, 0.2) is 113 Å². The largest absolute Gasteiger partial charge is 0.288 e. The van der Waals surface area contributed by atoms with Crippen molar-refractivity contribution in [2.24, 2.45) is 11.8 Å². The first-order chi connectivity index (χ1) is 21.6. The summed E-state index contributed by atoms with van der Waals surface area (Å²) in [6, 6.07) is 16.2. The summed E-state index contributed by atoms with van der Waals surface area (Å²) >= 11 is 1.65. The molecule has 1 aromatic heterocycles. The Hall–Kier alpha value is -4.74. The van der Waals surface area contributed by atoms with Crippen molar-refractivity contribution in [1.29, 1.82) is 0 Å². The molecule has 5 aliphatic carbocycles. The number of thiophene rings is 1. The van der Waals surface area contributed by atoms with Crippen LogP contribution >= 0.6 is 11.3 Å². The summed E-state index contributed by atoms with van der Waals surface area (Å²) in [6.07, 6.45) is 14.1. The molecule has 2 aromatic carbocycles. The number of carbonyl (C=O) groups is 4. The minimum Gasteiger partial charge on any atom is -0.288 e. The number of hydrogen-bond donors (Lipinski definition) is 0. The Morgan fingerprint density at radius 1 is 0.756 bits per heavy atom. The summed E-state index contributed by atoms with van der Waals surface area (Å²) in [6.45, 7) is 6.76. The number of allylic oxidation sites excluding steroid dienone is 11. The van der Waals surface area contributed by atoms with Gasteiger partial charge in [0.2, 0.25) is 0 Å². The predicted octanol–water partition coefficient (Wildman–Crippen LogP) is 8.73. The van der Waals surface area contributed by atoms with Gasteiger partial charge in [-0.1, -0.05) is 105 Å². The lowest BCUT2D eigenvalue weighted by Gasteiger charge is -2.32. The van der Waals surface area contributed by atoms with E-state index in [0.29, 0.717) is 22.3 Å². The predicted molar refractivity (Wildman–Crippen MR) is 178 cm³/mol. The molecule has 0 saturated carbocycles. The van der Waals surface area contributed by atoms with Gasteiger partial charge in [-0.2, -0.15) is 0 Å². The lowest BCUT2D eigenvalue weighted by atomic mass is 9.71. The number of fused-ring (bicyclic) bond motifs is 4. The van der Waals surface area contributed by atoms with E-state index in [0.717, 1.165) is 23.3 Å². The van der Waals surface area contributed by atoms with Crippen molar-refractivity contribution in [3.63, 3.8) is 0 Å². The fourth-order valence-electron chi connectivity index (χ4n) is 7.69. The highest BCUT2D eigenvalue weighted by molar-refractivity contribution is 7.14. The van der Waals surface area contributed by atoms with E-state index < -0.39 is 0 Å². The van der Waals surface area contributed by atoms with Gasteiger partial charge < -0.3 is 0 Å². The second kappa shape index (κ2) is 9.88. The van der Waals surface area contributed by atoms with Crippen LogP contribution in [0.4, 0.5) is 0 Å². The third-order valence-electron chi connectivity index (χ3n) is 10.1. The average molecular weight is 607 g/mol. The number of Topliss-reactive ketones (excluding diaryl/α,β-unsaturated/α-hetero) is 4. The quantitative estimate of drug-likeness (QED) is 0.221. The van der Waals surface area contributed by atoms with Crippen LogP contribution in [0.1, 0.15) is 90.4 Å². The smallest absolute Gasteiger partial charge is 0.197 e. The summed E-state index contributed by atoms with van der Waals surface area (Å²) in [5.74, 6) is -0.219. The lowest BCUT2D eigenvalue weighted by Crippen LogP contribution is -2.22. The van der Waals surface area contributed by atoms with Gasteiger partial charge in [-0.3, -0.25) is 19.2 Å². The van der Waals surface area contributed by atoms with Crippen molar-refractivity contribution in [2.75, 3.05) is 0 Å². The fraction of sp³-hybridized carbons (Fsp3) is 0.200. The van der Waals surface area contributed by atoms with Crippen LogP contribution in [0, 0.1) is 11.8 Å². The van der Waals surface area contributed by atoms with Crippen LogP contribution in [0.5, 0.6) is 0 Å². The molecule has 2 atom stereocenters. The standard InChI is InChI=1S/C40H30O4S/c1-21-16-22(17-31-35(41)26-8-4-5-9-27(26)36(31)42)12-14-25(21)23-13-15-30-33(18-23)40(2,3)34-20-24(45-39(30)34)19-32-37(43)28-10-6-7-11-29(28)38(32)44/h4-15,17,19-21,23H,16,18H2,1-3H3. The molecule has 5 heteroatoms. The lowest BCUT2D eigenvalue weighted by molar-refractivity contribution is 0.0974. The summed E-state index contributed by atoms with van der Waals surface area (Å²) < 4.78 is 0. The van der Waals surface area contributed by atoms with Gasteiger partial charge in [-0.05, 0) is 53.7 Å². The van der Waals surface area contributed by atoms with Gasteiger partial charge in [0.05, 0.1) is 11.1 Å². The zero-order chi connectivity index (χ0) is 31.2. The van der Waals surface area contributed by atoms with Crippen molar-refractivity contribution < 1.29 is 19.2 Å². The van der Waals surface area contributed by atoms with Gasteiger partial charge in [0, 0.05) is 43.3 Å². The maximum Gasteiger partial charge on any atom is 0.197 e. The number of hydrogen-bond acceptors (Lipinski definition) is 5. The van der Waals surface area contributed by atoms with E-state index in [2.05, 4.69) is 51.1 Å². The molecule has 0 fully saturated rings. The zero-order valence-corrected chi connectivity index (χ0v) is 26.1. The topological polar surface area (TPSA) is 68.3 Å². The average Bonchev–Trinajstić information content (AvgIpc) is 3.71. The van der Waals surface area contributed by atoms with Gasteiger partial charge in [-0.25, -0.2) is 0 Å². The number of carbonyl (C=O) groups excluding carboxylic acids is 4. The zero-order valence-electron chi connectivity index (χ0n) is 25.3. The van der Waals surface area contributed by atoms with Gasteiger partial charge in [0.25, 0.3) is 0 Å². The second-order valence-electron chi connectivity index (χ2n) is 13.1. The molecule has 0 saturated heterocycles. The third kappa shape index (κ3) is 4.10. The van der Waals surface area contributed by atoms with E-state index in [1.165, 1.54) is 27.2 Å². The molecular weight excluding hydrogens is 577 g/mol. The monoisotopic (exact) mass is 606 g/mol. The van der Waals surface area contributed by atoms with E-state index in [1.807, 2.05) is 0 Å². The Morgan fingerprint density at radius 2 is 1.31 bits per heavy atom. The van der Waals surface area contributed by atoms with Gasteiger partial charge in [0.1, 0.15) is 0 Å². The van der Waals surface area contributed by atoms with E-state index in [9.17, 15) is 19.2 Å². The van der Waals surface area contributed by atoms with Crippen molar-refractivity contribution in [3.05, 3.63) is 150 Å². The van der Waals surface area contributed by atoms with E-state index in [4.69, 9.17) is 0 Å². The summed E-state index contributed by atoms with van der Waals surface area (Å²) in [5.41, 5.74) is 8.59. The third-order valence-corrected chi connectivity index (χ3v) is 11.2. The molecule has 45 heavy (non-hydrogen) atoms. The Kier molecular flexibility index (Phi) is 6.10. The van der Waals surface area contributed by atoms with Crippen LogP contribution < -0.4 is 0 Å². The van der Waals surface area contributed by atoms with Crippen LogP contribution in [-0.4, -0.2) is 23.1 Å². The van der Waals surface area contributed by atoms with Crippen molar-refractivity contribution >= 4 is 46.1 Å². The first kappa shape index (κ1) is 27.8. The normalized spacial score (nSPS) is 22.7. The fourth-order valence-corrected chi connectivity index (χ4v) is 9.00. The highest BCUT2D eigenvalue weighted by Crippen LogP contribution is 2.55. The van der Waals surface area contributed by atoms with E-state index >= 15 is 0 Å². The molecule has 220 valence electrons. The number of rotatable bonds is 3. The van der Waals surface area contributed by atoms with Crippen molar-refractivity contribution in [2.45, 2.75) is 39.0 Å². The highest BCUT2D eigenvalue weighted by Gasteiger charge is 2.42. The first-order valence-corrected chi connectivity index (χ1v) is 16.2. The Labute approximate surface area is 265 Å². The van der Waals surface area contributed by atoms with E-state index in [1.54, 1.807) is 72.0 Å². The molecule has 0 N–H and O–H groups in total. The molecule has 0 spiro atoms. The van der Waals surface area contributed by atoms with Gasteiger partial charge in [0.15, 0.2) is 23.1 Å². The van der Waals surface area contributed by atoms with Crippen molar-refractivity contribution in [1.82, 2.24) is 0 Å². The maximum absolute atomic E-state index is 13.0. The summed E-state index contributed by atoms with van der Waals surface area (Å²) in [4.78, 5) is 54.0. The molecule has 4 nitrogen and oxygen atoms in total. The number of benzene rings is 2. The molecule has 0 amide bonds. The minimum atomic E-state index is -0.196. The molecule has 0 radical (unpaired) electrons. The SMILES string of the molecule is CC1CC(C=C2C(=O)c3ccccc3C2=O)=CC=C1C1C=CC2=C(C1)C(C)(C)c1cc(C=C3C(=O)c4ccccc4C3=O)sc12. The molecule has 8 rings (SSSR count). The summed E-state index contributed by atoms with van der Waals surface area (Å²) in [7, 11) is 0. The second-order valence-corrected chi connectivity index (χ2v) is 14.2. The molecule has 5 aliphatic rings. The number of ketones is 4. The molecular formula is C40H30O4S. The van der Waals surface area contributed by atoms with Gasteiger partial charge in [-0.15, -0.1) is 11.3 Å². The highest BCUT2D eigenvalue weighted by atomic mass is 32.1. The van der Waals surface area contributed by atoms with Gasteiger partial charge >= 0.3 is 0 Å². The minimum absolute atomic E-state index is 0.171. The molecule has 3 aromatic rings. The van der Waals surface area contributed by atoms with Crippen LogP contribution in [-0.2, 0) is 5.41 Å². The van der Waals surface area contributed by atoms with Crippen LogP contribution in [0.3, 0.4) is 0 Å². The maximum atomic E-state index is 13.0. The Balaban J connectivity index is 1.05. The van der Waals surface area contributed by atoms with E-state index in [-0.39, 0.29) is 51.5 Å². The molecule has 0 aliphatic heterocycles. The van der Waals surface area contributed by atoms with Crippen molar-refractivity contribution in [3.8, 4) is 0 Å². The molecule has 1 heterocycles. The Bertz CT molecular complexity index is 2050. The molecule has 2 unspecified atom stereocenters. The first-order valence-electron chi connectivity index (χ1n) is 15.4.